The second-order valence-electron chi connectivity index (χ2n) is 5.13. The van der Waals surface area contributed by atoms with Crippen LogP contribution in [-0.4, -0.2) is 43.5 Å². The predicted octanol–water partition coefficient (Wildman–Crippen LogP) is 1.03. The van der Waals surface area contributed by atoms with Crippen molar-refractivity contribution in [2.24, 2.45) is 0 Å². The van der Waals surface area contributed by atoms with E-state index in [1.165, 1.54) is 11.3 Å². The number of piperazine rings is 1. The standard InChI is InChI=1S/C15H20N3O/c19-15-6-3-9-18(15)12-13-4-1-2-5-14(13)17-10-7-16-8-11-17/h1-5,16H,6-12H2. The number of benzene rings is 1. The zero-order valence-corrected chi connectivity index (χ0v) is 11.1. The van der Waals surface area contributed by atoms with E-state index in [-0.39, 0.29) is 5.91 Å². The molecule has 2 aliphatic rings. The van der Waals surface area contributed by atoms with Crippen molar-refractivity contribution in [2.45, 2.75) is 13.0 Å². The van der Waals surface area contributed by atoms with Gasteiger partial charge in [0.15, 0.2) is 0 Å². The van der Waals surface area contributed by atoms with E-state index in [0.717, 1.165) is 39.3 Å². The molecule has 0 aromatic heterocycles. The monoisotopic (exact) mass is 258 g/mol. The summed E-state index contributed by atoms with van der Waals surface area (Å²) in [6.07, 6.45) is 2.64. The Morgan fingerprint density at radius 2 is 1.95 bits per heavy atom. The third-order valence-electron chi connectivity index (χ3n) is 3.83. The van der Waals surface area contributed by atoms with Crippen molar-refractivity contribution >= 4 is 11.6 Å². The lowest BCUT2D eigenvalue weighted by Crippen LogP contribution is -2.44. The molecule has 1 aromatic rings. The second kappa shape index (κ2) is 5.61. The molecule has 1 radical (unpaired) electrons. The molecule has 101 valence electrons. The van der Waals surface area contributed by atoms with Gasteiger partial charge in [-0.25, -0.2) is 0 Å². The van der Waals surface area contributed by atoms with Gasteiger partial charge in [0.05, 0.1) is 0 Å². The van der Waals surface area contributed by atoms with Gasteiger partial charge in [0.2, 0.25) is 5.91 Å². The van der Waals surface area contributed by atoms with E-state index in [1.807, 2.05) is 4.90 Å². The number of nitrogens with zero attached hydrogens (tertiary/aromatic N) is 2. The minimum atomic E-state index is 0.245. The van der Waals surface area contributed by atoms with E-state index in [2.05, 4.69) is 40.9 Å². The Morgan fingerprint density at radius 1 is 1.16 bits per heavy atom. The lowest BCUT2D eigenvalue weighted by Gasteiger charge is -2.32. The molecule has 2 heterocycles. The summed E-state index contributed by atoms with van der Waals surface area (Å²) in [5, 5.41) is 3.37. The molecule has 0 bridgehead atoms. The van der Waals surface area contributed by atoms with Crippen LogP contribution in [0.1, 0.15) is 12.0 Å². The third kappa shape index (κ3) is 2.73. The molecule has 2 fully saturated rings. The maximum atomic E-state index is 11.7. The second-order valence-corrected chi connectivity index (χ2v) is 5.13. The van der Waals surface area contributed by atoms with Crippen LogP contribution in [0.2, 0.25) is 0 Å². The highest BCUT2D eigenvalue weighted by Gasteiger charge is 2.22. The van der Waals surface area contributed by atoms with Crippen molar-refractivity contribution in [3.63, 3.8) is 0 Å². The largest absolute Gasteiger partial charge is 0.369 e. The van der Waals surface area contributed by atoms with Crippen LogP contribution in [0.3, 0.4) is 0 Å². The summed E-state index contributed by atoms with van der Waals surface area (Å²) in [6, 6.07) is 8.46. The third-order valence-corrected chi connectivity index (χ3v) is 3.83. The predicted molar refractivity (Wildman–Crippen MR) is 75.9 cm³/mol. The van der Waals surface area contributed by atoms with Crippen LogP contribution < -0.4 is 10.2 Å². The smallest absolute Gasteiger partial charge is 0.223 e. The average Bonchev–Trinajstić information content (AvgIpc) is 2.86. The minimum Gasteiger partial charge on any atom is -0.369 e. The molecule has 0 saturated carbocycles. The van der Waals surface area contributed by atoms with Crippen LogP contribution in [0.4, 0.5) is 5.69 Å². The fourth-order valence-electron chi connectivity index (χ4n) is 2.79. The maximum absolute atomic E-state index is 11.7. The number of carbonyl (C=O) groups is 1. The number of likely N-dealkylation sites (tertiary alicyclic amines) is 1. The molecule has 0 aliphatic carbocycles. The van der Waals surface area contributed by atoms with E-state index in [0.29, 0.717) is 6.42 Å². The molecule has 0 unspecified atom stereocenters. The Balaban J connectivity index is 1.78. The van der Waals surface area contributed by atoms with Crippen molar-refractivity contribution in [1.82, 2.24) is 10.2 Å². The summed E-state index contributed by atoms with van der Waals surface area (Å²) >= 11 is 0. The van der Waals surface area contributed by atoms with Gasteiger partial charge in [0.1, 0.15) is 0 Å². The summed E-state index contributed by atoms with van der Waals surface area (Å²) in [6.45, 7) is 5.66. The number of amides is 1. The number of carbonyl (C=O) groups excluding carboxylic acids is 1. The Hall–Kier alpha value is -1.55. The lowest BCUT2D eigenvalue weighted by atomic mass is 10.1. The van der Waals surface area contributed by atoms with Gasteiger partial charge in [-0.05, 0) is 18.1 Å². The zero-order valence-electron chi connectivity index (χ0n) is 11.1. The Morgan fingerprint density at radius 3 is 2.68 bits per heavy atom. The van der Waals surface area contributed by atoms with Gasteiger partial charge in [0, 0.05) is 51.4 Å². The van der Waals surface area contributed by atoms with Crippen molar-refractivity contribution in [2.75, 3.05) is 37.6 Å². The normalized spacial score (nSPS) is 20.1. The topological polar surface area (TPSA) is 35.6 Å². The van der Waals surface area contributed by atoms with Gasteiger partial charge in [-0.2, -0.15) is 0 Å². The molecule has 4 nitrogen and oxygen atoms in total. The molecule has 2 aliphatic heterocycles. The first-order valence-electron chi connectivity index (χ1n) is 6.97. The van der Waals surface area contributed by atoms with Gasteiger partial charge in [-0.1, -0.05) is 18.2 Å². The quantitative estimate of drug-likeness (QED) is 0.879. The number of hydrogen-bond donors (Lipinski definition) is 1. The summed E-state index contributed by atoms with van der Waals surface area (Å²) < 4.78 is 0. The number of hydrogen-bond acceptors (Lipinski definition) is 3. The molecule has 1 amide bonds. The van der Waals surface area contributed by atoms with Crippen molar-refractivity contribution in [3.8, 4) is 0 Å². The minimum absolute atomic E-state index is 0.245. The van der Waals surface area contributed by atoms with Crippen molar-refractivity contribution < 1.29 is 4.79 Å². The van der Waals surface area contributed by atoms with Gasteiger partial charge in [-0.15, -0.1) is 0 Å². The molecule has 2 saturated heterocycles. The molecule has 0 spiro atoms. The van der Waals surface area contributed by atoms with Crippen molar-refractivity contribution in [1.29, 1.82) is 0 Å². The van der Waals surface area contributed by atoms with Crippen LogP contribution in [0.5, 0.6) is 0 Å². The number of anilines is 1. The highest BCUT2D eigenvalue weighted by Crippen LogP contribution is 2.24. The van der Waals surface area contributed by atoms with Crippen LogP contribution in [-0.2, 0) is 11.3 Å². The van der Waals surface area contributed by atoms with Crippen LogP contribution >= 0.6 is 0 Å². The highest BCUT2D eigenvalue weighted by atomic mass is 16.2. The Bertz CT molecular complexity index is 454. The van der Waals surface area contributed by atoms with Crippen LogP contribution in [0, 0.1) is 6.42 Å². The SMILES string of the molecule is O=C1C[CH]CN1Cc1ccccc1N1CCNCC1. The summed E-state index contributed by atoms with van der Waals surface area (Å²) in [4.78, 5) is 16.1. The van der Waals surface area contributed by atoms with E-state index in [1.54, 1.807) is 0 Å². The lowest BCUT2D eigenvalue weighted by molar-refractivity contribution is -0.128. The first-order chi connectivity index (χ1) is 9.34. The first-order valence-corrected chi connectivity index (χ1v) is 6.97. The Labute approximate surface area is 114 Å². The molecule has 1 N–H and O–H groups in total. The van der Waals surface area contributed by atoms with E-state index in [4.69, 9.17) is 0 Å². The van der Waals surface area contributed by atoms with Gasteiger partial charge >= 0.3 is 0 Å². The van der Waals surface area contributed by atoms with Gasteiger partial charge in [-0.3, -0.25) is 4.79 Å². The van der Waals surface area contributed by atoms with Crippen molar-refractivity contribution in [3.05, 3.63) is 36.2 Å². The van der Waals surface area contributed by atoms with Gasteiger partial charge in [0.25, 0.3) is 0 Å². The molecule has 0 atom stereocenters. The average molecular weight is 258 g/mol. The number of para-hydroxylation sites is 1. The van der Waals surface area contributed by atoms with E-state index in [9.17, 15) is 4.79 Å². The molecule has 3 rings (SSSR count). The van der Waals surface area contributed by atoms with Crippen LogP contribution in [0.25, 0.3) is 0 Å². The van der Waals surface area contributed by atoms with Crippen LogP contribution in [0.15, 0.2) is 24.3 Å². The molecule has 1 aromatic carbocycles. The summed E-state index contributed by atoms with van der Waals surface area (Å²) in [7, 11) is 0. The fraction of sp³-hybridized carbons (Fsp3) is 0.467. The fourth-order valence-corrected chi connectivity index (χ4v) is 2.79. The first kappa shape index (κ1) is 12.5. The zero-order chi connectivity index (χ0) is 13.1. The maximum Gasteiger partial charge on any atom is 0.223 e. The molecule has 19 heavy (non-hydrogen) atoms. The Kier molecular flexibility index (Phi) is 3.69. The number of nitrogens with one attached hydrogen (secondary N) is 1. The number of rotatable bonds is 3. The summed E-state index contributed by atoms with van der Waals surface area (Å²) in [5.41, 5.74) is 2.54. The van der Waals surface area contributed by atoms with E-state index < -0.39 is 0 Å². The summed E-state index contributed by atoms with van der Waals surface area (Å²) in [5.74, 6) is 0.245. The highest BCUT2D eigenvalue weighted by molar-refractivity contribution is 5.80. The molecule has 4 heteroatoms. The molecular formula is C15H20N3O. The van der Waals surface area contributed by atoms with E-state index >= 15 is 0 Å². The molecular weight excluding hydrogens is 238 g/mol. The van der Waals surface area contributed by atoms with Gasteiger partial charge < -0.3 is 15.1 Å².